The Balaban J connectivity index is 1.34. The predicted molar refractivity (Wildman–Crippen MR) is 109 cm³/mol. The van der Waals surface area contributed by atoms with Crippen LogP contribution in [0.25, 0.3) is 11.1 Å². The monoisotopic (exact) mass is 371 g/mol. The lowest BCUT2D eigenvalue weighted by atomic mass is 9.94. The van der Waals surface area contributed by atoms with Gasteiger partial charge in [-0.1, -0.05) is 38.7 Å². The average molecular weight is 372 g/mol. The van der Waals surface area contributed by atoms with Crippen molar-refractivity contribution in [3.63, 3.8) is 0 Å². The smallest absolute Gasteiger partial charge is 0.408 e. The minimum Gasteiger partial charge on any atom is -0.408 e. The van der Waals surface area contributed by atoms with Gasteiger partial charge in [0.25, 0.3) is 0 Å². The quantitative estimate of drug-likeness (QED) is 0.779. The molecule has 4 rings (SSSR count). The van der Waals surface area contributed by atoms with Crippen LogP contribution in [-0.4, -0.2) is 53.1 Å². The zero-order valence-electron chi connectivity index (χ0n) is 16.7. The van der Waals surface area contributed by atoms with Gasteiger partial charge >= 0.3 is 5.76 Å². The molecule has 2 aliphatic rings. The van der Waals surface area contributed by atoms with Crippen LogP contribution in [0.3, 0.4) is 0 Å². The minimum absolute atomic E-state index is 0.223. The largest absolute Gasteiger partial charge is 0.419 e. The van der Waals surface area contributed by atoms with Crippen LogP contribution in [-0.2, 0) is 13.0 Å². The van der Waals surface area contributed by atoms with Crippen molar-refractivity contribution in [3.8, 4) is 0 Å². The zero-order chi connectivity index (χ0) is 18.6. The molecule has 1 aliphatic heterocycles. The molecule has 2 heterocycles. The van der Waals surface area contributed by atoms with E-state index in [9.17, 15) is 4.79 Å². The number of oxazole rings is 1. The molecule has 1 aliphatic carbocycles. The van der Waals surface area contributed by atoms with Gasteiger partial charge in [0, 0.05) is 45.3 Å². The van der Waals surface area contributed by atoms with Crippen molar-refractivity contribution >= 4 is 11.1 Å². The molecule has 5 nitrogen and oxygen atoms in total. The molecule has 27 heavy (non-hydrogen) atoms. The van der Waals surface area contributed by atoms with Crippen LogP contribution in [0.1, 0.15) is 51.0 Å². The topological polar surface area (TPSA) is 41.6 Å². The van der Waals surface area contributed by atoms with Crippen molar-refractivity contribution in [1.82, 2.24) is 14.4 Å². The van der Waals surface area contributed by atoms with E-state index >= 15 is 0 Å². The fourth-order valence-corrected chi connectivity index (χ4v) is 4.81. The van der Waals surface area contributed by atoms with E-state index in [0.29, 0.717) is 6.54 Å². The van der Waals surface area contributed by atoms with Crippen LogP contribution >= 0.6 is 0 Å². The second kappa shape index (κ2) is 8.61. The first kappa shape index (κ1) is 18.8. The van der Waals surface area contributed by atoms with E-state index in [1.807, 2.05) is 12.1 Å². The lowest BCUT2D eigenvalue weighted by Gasteiger charge is -2.40. The number of hydrogen-bond donors (Lipinski definition) is 0. The van der Waals surface area contributed by atoms with E-state index in [2.05, 4.69) is 22.8 Å². The van der Waals surface area contributed by atoms with Crippen LogP contribution in [0.15, 0.2) is 27.4 Å². The highest BCUT2D eigenvalue weighted by atomic mass is 16.4. The Morgan fingerprint density at radius 3 is 2.56 bits per heavy atom. The van der Waals surface area contributed by atoms with Gasteiger partial charge in [0.1, 0.15) is 0 Å². The molecule has 1 saturated heterocycles. The van der Waals surface area contributed by atoms with Crippen molar-refractivity contribution in [2.75, 3.05) is 32.7 Å². The van der Waals surface area contributed by atoms with Crippen LogP contribution in [0.5, 0.6) is 0 Å². The predicted octanol–water partition coefficient (Wildman–Crippen LogP) is 3.50. The van der Waals surface area contributed by atoms with Crippen molar-refractivity contribution < 1.29 is 4.42 Å². The summed E-state index contributed by atoms with van der Waals surface area (Å²) in [7, 11) is 0. The molecule has 0 N–H and O–H groups in total. The molecular formula is C22H33N3O2. The van der Waals surface area contributed by atoms with Gasteiger partial charge in [-0.25, -0.2) is 4.79 Å². The summed E-state index contributed by atoms with van der Waals surface area (Å²) < 4.78 is 7.31. The fraction of sp³-hybridized carbons (Fsp3) is 0.682. The normalized spacial score (nSPS) is 20.5. The molecule has 2 aromatic rings. The van der Waals surface area contributed by atoms with Crippen molar-refractivity contribution in [2.45, 2.75) is 64.5 Å². The molecule has 5 heteroatoms. The van der Waals surface area contributed by atoms with Gasteiger partial charge in [-0.05, 0) is 37.0 Å². The summed E-state index contributed by atoms with van der Waals surface area (Å²) in [6.07, 6.45) is 9.12. The third-order valence-electron chi connectivity index (χ3n) is 6.41. The van der Waals surface area contributed by atoms with Crippen molar-refractivity contribution in [3.05, 3.63) is 34.3 Å². The van der Waals surface area contributed by atoms with Crippen molar-refractivity contribution in [2.24, 2.45) is 0 Å². The molecule has 148 valence electrons. The number of fused-ring (bicyclic) bond motifs is 1. The van der Waals surface area contributed by atoms with Crippen LogP contribution in [0.2, 0.25) is 0 Å². The number of hydrogen-bond acceptors (Lipinski definition) is 4. The lowest BCUT2D eigenvalue weighted by molar-refractivity contribution is 0.0772. The second-order valence-corrected chi connectivity index (χ2v) is 8.24. The average Bonchev–Trinajstić information content (AvgIpc) is 3.02. The molecule has 2 fully saturated rings. The Bertz CT molecular complexity index is 795. The van der Waals surface area contributed by atoms with Gasteiger partial charge in [0.15, 0.2) is 5.58 Å². The van der Waals surface area contributed by atoms with E-state index in [-0.39, 0.29) is 5.76 Å². The van der Waals surface area contributed by atoms with Gasteiger partial charge < -0.3 is 4.42 Å². The highest BCUT2D eigenvalue weighted by molar-refractivity contribution is 5.73. The Morgan fingerprint density at radius 2 is 1.81 bits per heavy atom. The van der Waals surface area contributed by atoms with E-state index in [1.165, 1.54) is 50.8 Å². The summed E-state index contributed by atoms with van der Waals surface area (Å²) >= 11 is 0. The molecule has 0 amide bonds. The highest BCUT2D eigenvalue weighted by Crippen LogP contribution is 2.23. The SMILES string of the molecule is CCCc1ccc2c(c1)oc(=O)n2CCN1CCN(C2CCCCC2)CC1. The first-order valence-corrected chi connectivity index (χ1v) is 10.8. The third-order valence-corrected chi connectivity index (χ3v) is 6.41. The van der Waals surface area contributed by atoms with E-state index in [4.69, 9.17) is 4.42 Å². The molecule has 1 saturated carbocycles. The molecular weight excluding hydrogens is 338 g/mol. The lowest BCUT2D eigenvalue weighted by Crippen LogP contribution is -2.51. The van der Waals surface area contributed by atoms with Gasteiger partial charge in [-0.3, -0.25) is 14.4 Å². The summed E-state index contributed by atoms with van der Waals surface area (Å²) in [5.74, 6) is -0.223. The van der Waals surface area contributed by atoms with Gasteiger partial charge in [-0.15, -0.1) is 0 Å². The fourth-order valence-electron chi connectivity index (χ4n) is 4.81. The number of benzene rings is 1. The van der Waals surface area contributed by atoms with E-state index in [0.717, 1.165) is 49.6 Å². The van der Waals surface area contributed by atoms with E-state index in [1.54, 1.807) is 4.57 Å². The Labute approximate surface area is 161 Å². The maximum Gasteiger partial charge on any atom is 0.419 e. The Kier molecular flexibility index (Phi) is 5.98. The van der Waals surface area contributed by atoms with Gasteiger partial charge in [0.2, 0.25) is 0 Å². The molecule has 0 radical (unpaired) electrons. The zero-order valence-corrected chi connectivity index (χ0v) is 16.7. The first-order chi connectivity index (χ1) is 13.2. The molecule has 0 spiro atoms. The molecule has 0 atom stereocenters. The molecule has 1 aromatic carbocycles. The van der Waals surface area contributed by atoms with Crippen LogP contribution in [0, 0.1) is 0 Å². The first-order valence-electron chi connectivity index (χ1n) is 10.8. The third kappa shape index (κ3) is 4.30. The standard InChI is InChI=1S/C22H33N3O2/c1-2-6-18-9-10-20-21(17-18)27-22(26)25(20)16-13-23-11-14-24(15-12-23)19-7-4-3-5-8-19/h9-10,17,19H,2-8,11-16H2,1H3. The number of piperazine rings is 1. The minimum atomic E-state index is -0.223. The Morgan fingerprint density at radius 1 is 1.04 bits per heavy atom. The maximum atomic E-state index is 12.3. The second-order valence-electron chi connectivity index (χ2n) is 8.24. The van der Waals surface area contributed by atoms with Gasteiger partial charge in [0.05, 0.1) is 5.52 Å². The number of rotatable bonds is 6. The van der Waals surface area contributed by atoms with Gasteiger partial charge in [-0.2, -0.15) is 0 Å². The number of nitrogens with zero attached hydrogens (tertiary/aromatic N) is 3. The summed E-state index contributed by atoms with van der Waals surface area (Å²) in [5.41, 5.74) is 2.90. The maximum absolute atomic E-state index is 12.3. The molecule has 0 bridgehead atoms. The Hall–Kier alpha value is -1.59. The van der Waals surface area contributed by atoms with E-state index < -0.39 is 0 Å². The summed E-state index contributed by atoms with van der Waals surface area (Å²) in [6.45, 7) is 8.37. The summed E-state index contributed by atoms with van der Waals surface area (Å²) in [6, 6.07) is 7.02. The number of aryl methyl sites for hydroxylation is 1. The highest BCUT2D eigenvalue weighted by Gasteiger charge is 2.25. The summed E-state index contributed by atoms with van der Waals surface area (Å²) in [5, 5.41) is 0. The molecule has 1 aromatic heterocycles. The molecule has 0 unspecified atom stereocenters. The van der Waals surface area contributed by atoms with Crippen molar-refractivity contribution in [1.29, 1.82) is 0 Å². The summed E-state index contributed by atoms with van der Waals surface area (Å²) in [4.78, 5) is 17.5. The van der Waals surface area contributed by atoms with Crippen LogP contribution < -0.4 is 5.76 Å². The number of aromatic nitrogens is 1. The van der Waals surface area contributed by atoms with Crippen LogP contribution in [0.4, 0.5) is 0 Å².